The molecule has 0 aromatic carbocycles. The molecule has 128 valence electrons. The monoisotopic (exact) mass is 323 g/mol. The summed E-state index contributed by atoms with van der Waals surface area (Å²) in [4.78, 5) is 15.9. The van der Waals surface area contributed by atoms with Gasteiger partial charge in [0.2, 0.25) is 5.88 Å². The standard InChI is InChI=1S/C17H25NO5/c1-7-20-15(19)12-9-18-14(8-11(12)2)21-10-13-16(3,4)23-17(5,6)22-13/h8-9,13H,7,10H2,1-6H3/t13-/m0/s1. The molecule has 1 saturated heterocycles. The molecule has 0 bridgehead atoms. The molecule has 1 aliphatic heterocycles. The van der Waals surface area contributed by atoms with Gasteiger partial charge in [-0.05, 0) is 47.1 Å². The Hall–Kier alpha value is -1.66. The van der Waals surface area contributed by atoms with Crippen LogP contribution in [0.25, 0.3) is 0 Å². The fourth-order valence-corrected chi connectivity index (χ4v) is 2.64. The van der Waals surface area contributed by atoms with Crippen LogP contribution in [0.5, 0.6) is 5.88 Å². The van der Waals surface area contributed by atoms with E-state index in [2.05, 4.69) is 4.98 Å². The van der Waals surface area contributed by atoms with Crippen LogP contribution in [-0.4, -0.2) is 41.7 Å². The summed E-state index contributed by atoms with van der Waals surface area (Å²) in [5.41, 5.74) is 0.765. The third-order valence-electron chi connectivity index (χ3n) is 3.67. The van der Waals surface area contributed by atoms with Crippen LogP contribution < -0.4 is 4.74 Å². The molecular formula is C17H25NO5. The molecule has 0 unspecified atom stereocenters. The molecule has 0 saturated carbocycles. The largest absolute Gasteiger partial charge is 0.475 e. The van der Waals surface area contributed by atoms with Crippen LogP contribution in [-0.2, 0) is 14.2 Å². The lowest BCUT2D eigenvalue weighted by Crippen LogP contribution is -2.37. The molecule has 6 heteroatoms. The van der Waals surface area contributed by atoms with Gasteiger partial charge in [-0.3, -0.25) is 0 Å². The molecule has 0 radical (unpaired) electrons. The van der Waals surface area contributed by atoms with E-state index in [9.17, 15) is 4.79 Å². The maximum absolute atomic E-state index is 11.8. The summed E-state index contributed by atoms with van der Waals surface area (Å²) in [6.45, 7) is 11.9. The Morgan fingerprint density at radius 2 is 2.04 bits per heavy atom. The summed E-state index contributed by atoms with van der Waals surface area (Å²) in [5, 5.41) is 0. The molecule has 23 heavy (non-hydrogen) atoms. The van der Waals surface area contributed by atoms with E-state index in [1.165, 1.54) is 6.20 Å². The third-order valence-corrected chi connectivity index (χ3v) is 3.67. The number of pyridine rings is 1. The molecule has 1 atom stereocenters. The molecule has 1 aromatic heterocycles. The van der Waals surface area contributed by atoms with Crippen molar-refractivity contribution < 1.29 is 23.7 Å². The number of carbonyl (C=O) groups excluding carboxylic acids is 1. The molecule has 2 rings (SSSR count). The summed E-state index contributed by atoms with van der Waals surface area (Å²) >= 11 is 0. The number of esters is 1. The van der Waals surface area contributed by atoms with Gasteiger partial charge in [-0.25, -0.2) is 9.78 Å². The van der Waals surface area contributed by atoms with Gasteiger partial charge in [0, 0.05) is 12.3 Å². The minimum absolute atomic E-state index is 0.204. The van der Waals surface area contributed by atoms with Crippen LogP contribution in [0, 0.1) is 6.92 Å². The first-order valence-corrected chi connectivity index (χ1v) is 7.79. The summed E-state index contributed by atoms with van der Waals surface area (Å²) < 4.78 is 22.4. The minimum atomic E-state index is -0.630. The lowest BCUT2D eigenvalue weighted by atomic mass is 10.0. The average Bonchev–Trinajstić information content (AvgIpc) is 2.64. The summed E-state index contributed by atoms with van der Waals surface area (Å²) in [5.74, 6) is -0.562. The fraction of sp³-hybridized carbons (Fsp3) is 0.647. The second kappa shape index (κ2) is 6.45. The van der Waals surface area contributed by atoms with E-state index < -0.39 is 11.4 Å². The zero-order valence-corrected chi connectivity index (χ0v) is 14.6. The summed E-state index contributed by atoms with van der Waals surface area (Å²) in [6, 6.07) is 1.72. The molecule has 2 heterocycles. The second-order valence-corrected chi connectivity index (χ2v) is 6.58. The van der Waals surface area contributed by atoms with Gasteiger partial charge in [0.05, 0.1) is 17.8 Å². The number of rotatable bonds is 5. The van der Waals surface area contributed by atoms with Crippen LogP contribution >= 0.6 is 0 Å². The van der Waals surface area contributed by atoms with E-state index in [-0.39, 0.29) is 12.1 Å². The number of hydrogen-bond acceptors (Lipinski definition) is 6. The summed E-state index contributed by atoms with van der Waals surface area (Å²) in [6.07, 6.45) is 1.27. The summed E-state index contributed by atoms with van der Waals surface area (Å²) in [7, 11) is 0. The predicted octanol–water partition coefficient (Wildman–Crippen LogP) is 2.88. The van der Waals surface area contributed by atoms with Crippen LogP contribution in [0.15, 0.2) is 12.3 Å². The van der Waals surface area contributed by atoms with Crippen molar-refractivity contribution in [1.29, 1.82) is 0 Å². The first kappa shape index (κ1) is 17.7. The molecule has 1 aliphatic rings. The Kier molecular flexibility index (Phi) is 4.96. The molecule has 1 aromatic rings. The van der Waals surface area contributed by atoms with Gasteiger partial charge in [0.15, 0.2) is 5.79 Å². The van der Waals surface area contributed by atoms with E-state index in [1.807, 2.05) is 34.6 Å². The SMILES string of the molecule is CCOC(=O)c1cnc(OC[C@@H]2OC(C)(C)OC2(C)C)cc1C. The van der Waals surface area contributed by atoms with Crippen molar-refractivity contribution in [3.63, 3.8) is 0 Å². The Morgan fingerprint density at radius 3 is 2.57 bits per heavy atom. The van der Waals surface area contributed by atoms with Crippen molar-refractivity contribution in [2.45, 2.75) is 59.0 Å². The van der Waals surface area contributed by atoms with Gasteiger partial charge >= 0.3 is 5.97 Å². The predicted molar refractivity (Wildman–Crippen MR) is 84.5 cm³/mol. The lowest BCUT2D eigenvalue weighted by molar-refractivity contribution is -0.158. The molecule has 0 N–H and O–H groups in total. The van der Waals surface area contributed by atoms with Crippen molar-refractivity contribution >= 4 is 5.97 Å². The van der Waals surface area contributed by atoms with E-state index in [4.69, 9.17) is 18.9 Å². The normalized spacial score (nSPS) is 21.9. The van der Waals surface area contributed by atoms with Crippen molar-refractivity contribution in [2.75, 3.05) is 13.2 Å². The third kappa shape index (κ3) is 4.20. The maximum Gasteiger partial charge on any atom is 0.339 e. The highest BCUT2D eigenvalue weighted by Crippen LogP contribution is 2.36. The number of hydrogen-bond donors (Lipinski definition) is 0. The lowest BCUT2D eigenvalue weighted by Gasteiger charge is -2.23. The highest BCUT2D eigenvalue weighted by Gasteiger charge is 2.47. The van der Waals surface area contributed by atoms with Crippen molar-refractivity contribution in [3.05, 3.63) is 23.4 Å². The van der Waals surface area contributed by atoms with Crippen molar-refractivity contribution in [3.8, 4) is 5.88 Å². The van der Waals surface area contributed by atoms with E-state index >= 15 is 0 Å². The molecule has 0 aliphatic carbocycles. The Balaban J connectivity index is 2.02. The molecule has 1 fully saturated rings. The smallest absolute Gasteiger partial charge is 0.339 e. The number of aryl methyl sites for hydroxylation is 1. The Morgan fingerprint density at radius 1 is 1.35 bits per heavy atom. The zero-order valence-electron chi connectivity index (χ0n) is 14.6. The highest BCUT2D eigenvalue weighted by atomic mass is 16.8. The van der Waals surface area contributed by atoms with Gasteiger partial charge in [-0.2, -0.15) is 0 Å². The first-order chi connectivity index (χ1) is 10.6. The van der Waals surface area contributed by atoms with Gasteiger partial charge in [0.25, 0.3) is 0 Å². The van der Waals surface area contributed by atoms with Crippen LogP contribution in [0.2, 0.25) is 0 Å². The molecule has 0 spiro atoms. The van der Waals surface area contributed by atoms with Gasteiger partial charge in [0.1, 0.15) is 12.7 Å². The van der Waals surface area contributed by atoms with Gasteiger partial charge < -0.3 is 18.9 Å². The van der Waals surface area contributed by atoms with E-state index in [0.717, 1.165) is 5.56 Å². The van der Waals surface area contributed by atoms with Crippen molar-refractivity contribution in [2.24, 2.45) is 0 Å². The molecule has 6 nitrogen and oxygen atoms in total. The maximum atomic E-state index is 11.8. The molecular weight excluding hydrogens is 298 g/mol. The van der Waals surface area contributed by atoms with E-state index in [1.54, 1.807) is 13.0 Å². The van der Waals surface area contributed by atoms with Crippen LogP contribution in [0.4, 0.5) is 0 Å². The van der Waals surface area contributed by atoms with Crippen LogP contribution in [0.1, 0.15) is 50.5 Å². The quantitative estimate of drug-likeness (QED) is 0.776. The average molecular weight is 323 g/mol. The Labute approximate surface area is 137 Å². The second-order valence-electron chi connectivity index (χ2n) is 6.58. The van der Waals surface area contributed by atoms with E-state index in [0.29, 0.717) is 24.7 Å². The first-order valence-electron chi connectivity index (χ1n) is 7.79. The fourth-order valence-electron chi connectivity index (χ4n) is 2.64. The zero-order chi connectivity index (χ0) is 17.3. The minimum Gasteiger partial charge on any atom is -0.475 e. The van der Waals surface area contributed by atoms with Crippen LogP contribution in [0.3, 0.4) is 0 Å². The van der Waals surface area contributed by atoms with Crippen molar-refractivity contribution in [1.82, 2.24) is 4.98 Å². The number of carbonyl (C=O) groups is 1. The Bertz CT molecular complexity index is 582. The molecule has 0 amide bonds. The highest BCUT2D eigenvalue weighted by molar-refractivity contribution is 5.90. The number of nitrogens with zero attached hydrogens (tertiary/aromatic N) is 1. The van der Waals surface area contributed by atoms with Gasteiger partial charge in [-0.1, -0.05) is 0 Å². The number of ether oxygens (including phenoxy) is 4. The van der Waals surface area contributed by atoms with Gasteiger partial charge in [-0.15, -0.1) is 0 Å². The topological polar surface area (TPSA) is 66.9 Å². The number of aromatic nitrogens is 1.